The molecule has 0 fully saturated rings. The van der Waals surface area contributed by atoms with Gasteiger partial charge in [-0.15, -0.1) is 0 Å². The summed E-state index contributed by atoms with van der Waals surface area (Å²) >= 11 is 1.45. The molecule has 1 heterocycles. The van der Waals surface area contributed by atoms with Gasteiger partial charge in [0.15, 0.2) is 9.84 Å². The second kappa shape index (κ2) is 4.35. The maximum atomic E-state index is 12.7. The van der Waals surface area contributed by atoms with Crippen LogP contribution >= 0.6 is 11.3 Å². The van der Waals surface area contributed by atoms with Gasteiger partial charge in [0.1, 0.15) is 5.82 Å². The fourth-order valence-corrected chi connectivity index (χ4v) is 3.43. The van der Waals surface area contributed by atoms with Gasteiger partial charge in [0, 0.05) is 0 Å². The maximum absolute atomic E-state index is 12.7. The maximum Gasteiger partial charge on any atom is 0.182 e. The van der Waals surface area contributed by atoms with E-state index in [1.807, 2.05) is 5.38 Å². The van der Waals surface area contributed by atoms with Gasteiger partial charge in [-0.05, 0) is 46.7 Å². The van der Waals surface area contributed by atoms with Gasteiger partial charge in [-0.25, -0.2) is 12.8 Å². The van der Waals surface area contributed by atoms with Gasteiger partial charge in [-0.2, -0.15) is 11.3 Å². The first-order valence-electron chi connectivity index (χ1n) is 4.57. The van der Waals surface area contributed by atoms with E-state index in [1.165, 1.54) is 23.5 Å². The predicted octanol–water partition coefficient (Wildman–Crippen LogP) is 2.86. The van der Waals surface area contributed by atoms with E-state index in [-0.39, 0.29) is 10.6 Å². The first-order valence-corrected chi connectivity index (χ1v) is 7.17. The SMILES string of the molecule is O=S(=O)(Cc1ccsc1)c1ccc(F)cc1. The van der Waals surface area contributed by atoms with E-state index in [0.717, 1.165) is 17.7 Å². The molecule has 0 amide bonds. The topological polar surface area (TPSA) is 34.1 Å². The number of benzene rings is 1. The number of hydrogen-bond acceptors (Lipinski definition) is 3. The Hall–Kier alpha value is -1.20. The summed E-state index contributed by atoms with van der Waals surface area (Å²) in [5.74, 6) is -0.475. The molecule has 1 aromatic heterocycles. The highest BCUT2D eigenvalue weighted by atomic mass is 32.2. The van der Waals surface area contributed by atoms with Crippen LogP contribution in [-0.2, 0) is 15.6 Å². The molecule has 0 saturated carbocycles. The Balaban J connectivity index is 2.29. The quantitative estimate of drug-likeness (QED) is 0.791. The molecular weight excluding hydrogens is 247 g/mol. The Morgan fingerprint density at radius 1 is 1.12 bits per heavy atom. The van der Waals surface area contributed by atoms with Crippen molar-refractivity contribution in [3.8, 4) is 0 Å². The smallest absolute Gasteiger partial charge is 0.182 e. The van der Waals surface area contributed by atoms with Crippen molar-refractivity contribution in [3.05, 3.63) is 52.5 Å². The molecule has 0 saturated heterocycles. The van der Waals surface area contributed by atoms with E-state index in [1.54, 1.807) is 11.4 Å². The number of sulfone groups is 1. The Bertz CT molecular complexity index is 557. The molecular formula is C11H9FO2S2. The third-order valence-electron chi connectivity index (χ3n) is 2.11. The summed E-state index contributed by atoms with van der Waals surface area (Å²) in [5.41, 5.74) is 0.759. The minimum Gasteiger partial charge on any atom is -0.223 e. The van der Waals surface area contributed by atoms with Gasteiger partial charge in [0.2, 0.25) is 0 Å². The third-order valence-corrected chi connectivity index (χ3v) is 4.55. The molecule has 0 bridgehead atoms. The van der Waals surface area contributed by atoms with Gasteiger partial charge < -0.3 is 0 Å². The van der Waals surface area contributed by atoms with Crippen molar-refractivity contribution in [2.45, 2.75) is 10.6 Å². The summed E-state index contributed by atoms with van der Waals surface area (Å²) in [6.45, 7) is 0. The molecule has 0 atom stereocenters. The van der Waals surface area contributed by atoms with Crippen LogP contribution in [0.5, 0.6) is 0 Å². The number of rotatable bonds is 3. The van der Waals surface area contributed by atoms with Crippen molar-refractivity contribution in [2.24, 2.45) is 0 Å². The fraction of sp³-hybridized carbons (Fsp3) is 0.0909. The molecule has 1 aromatic carbocycles. The molecule has 2 rings (SSSR count). The third kappa shape index (κ3) is 2.48. The van der Waals surface area contributed by atoms with Gasteiger partial charge in [0.25, 0.3) is 0 Å². The molecule has 16 heavy (non-hydrogen) atoms. The Morgan fingerprint density at radius 3 is 2.38 bits per heavy atom. The Kier molecular flexibility index (Phi) is 3.07. The number of hydrogen-bond donors (Lipinski definition) is 0. The summed E-state index contributed by atoms with van der Waals surface area (Å²) < 4.78 is 36.4. The molecule has 0 N–H and O–H groups in total. The van der Waals surface area contributed by atoms with Gasteiger partial charge in [-0.1, -0.05) is 0 Å². The lowest BCUT2D eigenvalue weighted by Crippen LogP contribution is -2.04. The van der Waals surface area contributed by atoms with Gasteiger partial charge in [0.05, 0.1) is 10.6 Å². The zero-order valence-electron chi connectivity index (χ0n) is 8.26. The summed E-state index contributed by atoms with van der Waals surface area (Å²) in [6.07, 6.45) is 0. The largest absolute Gasteiger partial charge is 0.223 e. The fourth-order valence-electron chi connectivity index (χ4n) is 1.32. The number of halogens is 1. The van der Waals surface area contributed by atoms with Crippen LogP contribution in [0.4, 0.5) is 4.39 Å². The van der Waals surface area contributed by atoms with Crippen molar-refractivity contribution in [3.63, 3.8) is 0 Å². The summed E-state index contributed by atoms with van der Waals surface area (Å²) in [5, 5.41) is 3.62. The molecule has 5 heteroatoms. The molecule has 0 aliphatic heterocycles. The molecule has 0 spiro atoms. The van der Waals surface area contributed by atoms with E-state index < -0.39 is 15.7 Å². The summed E-state index contributed by atoms with van der Waals surface area (Å²) in [7, 11) is -3.36. The van der Waals surface area contributed by atoms with E-state index >= 15 is 0 Å². The zero-order chi connectivity index (χ0) is 11.6. The first kappa shape index (κ1) is 11.3. The average molecular weight is 256 g/mol. The van der Waals surface area contributed by atoms with Crippen LogP contribution in [0.2, 0.25) is 0 Å². The van der Waals surface area contributed by atoms with E-state index in [2.05, 4.69) is 0 Å². The molecule has 84 valence electrons. The highest BCUT2D eigenvalue weighted by molar-refractivity contribution is 7.90. The molecule has 0 aliphatic rings. The van der Waals surface area contributed by atoms with E-state index in [4.69, 9.17) is 0 Å². The lowest BCUT2D eigenvalue weighted by atomic mass is 10.3. The second-order valence-corrected chi connectivity index (χ2v) is 6.11. The summed E-state index contributed by atoms with van der Waals surface area (Å²) in [4.78, 5) is 0.153. The Morgan fingerprint density at radius 2 is 1.81 bits per heavy atom. The molecule has 0 unspecified atom stereocenters. The van der Waals surface area contributed by atoms with E-state index in [0.29, 0.717) is 0 Å². The first-order chi connectivity index (χ1) is 7.58. The highest BCUT2D eigenvalue weighted by Gasteiger charge is 2.15. The monoisotopic (exact) mass is 256 g/mol. The lowest BCUT2D eigenvalue weighted by Gasteiger charge is -2.02. The molecule has 2 aromatic rings. The van der Waals surface area contributed by atoms with Gasteiger partial charge in [-0.3, -0.25) is 0 Å². The van der Waals surface area contributed by atoms with Crippen LogP contribution in [0.25, 0.3) is 0 Å². The van der Waals surface area contributed by atoms with Crippen LogP contribution in [0.1, 0.15) is 5.56 Å². The van der Waals surface area contributed by atoms with Crippen molar-refractivity contribution >= 4 is 21.2 Å². The van der Waals surface area contributed by atoms with Crippen LogP contribution in [0.15, 0.2) is 46.0 Å². The van der Waals surface area contributed by atoms with Gasteiger partial charge >= 0.3 is 0 Å². The van der Waals surface area contributed by atoms with Crippen molar-refractivity contribution in [1.29, 1.82) is 0 Å². The predicted molar refractivity (Wildman–Crippen MR) is 61.6 cm³/mol. The number of thiophene rings is 1. The van der Waals surface area contributed by atoms with Crippen molar-refractivity contribution < 1.29 is 12.8 Å². The normalized spacial score (nSPS) is 11.6. The molecule has 2 nitrogen and oxygen atoms in total. The standard InChI is InChI=1S/C11H9FO2S2/c12-10-1-3-11(4-2-10)16(13,14)8-9-5-6-15-7-9/h1-7H,8H2. The van der Waals surface area contributed by atoms with Crippen LogP contribution in [0.3, 0.4) is 0 Å². The van der Waals surface area contributed by atoms with Crippen molar-refractivity contribution in [2.75, 3.05) is 0 Å². The van der Waals surface area contributed by atoms with Crippen molar-refractivity contribution in [1.82, 2.24) is 0 Å². The minimum absolute atomic E-state index is 0.0396. The second-order valence-electron chi connectivity index (χ2n) is 3.34. The lowest BCUT2D eigenvalue weighted by molar-refractivity contribution is 0.594. The summed E-state index contributed by atoms with van der Waals surface area (Å²) in [6, 6.07) is 6.65. The van der Waals surface area contributed by atoms with Crippen LogP contribution in [0, 0.1) is 5.82 Å². The zero-order valence-corrected chi connectivity index (χ0v) is 9.89. The molecule has 0 aliphatic carbocycles. The van der Waals surface area contributed by atoms with E-state index in [9.17, 15) is 12.8 Å². The average Bonchev–Trinajstić information content (AvgIpc) is 2.70. The molecule has 0 radical (unpaired) electrons. The Labute approximate surface area is 97.3 Å². The van der Waals surface area contributed by atoms with Crippen LogP contribution in [-0.4, -0.2) is 8.42 Å². The van der Waals surface area contributed by atoms with Crippen LogP contribution < -0.4 is 0 Å². The highest BCUT2D eigenvalue weighted by Crippen LogP contribution is 2.18. The minimum atomic E-state index is -3.36.